The normalized spacial score (nSPS) is 25.4. The van der Waals surface area contributed by atoms with Crippen molar-refractivity contribution in [1.29, 1.82) is 0 Å². The van der Waals surface area contributed by atoms with Gasteiger partial charge < -0.3 is 14.4 Å². The zero-order chi connectivity index (χ0) is 26.6. The number of amides is 1. The topological polar surface area (TPSA) is 76.2 Å². The van der Waals surface area contributed by atoms with Crippen LogP contribution >= 0.6 is 0 Å². The molecule has 2 aromatic rings. The molecule has 196 valence electrons. The van der Waals surface area contributed by atoms with Gasteiger partial charge in [0.2, 0.25) is 0 Å². The highest BCUT2D eigenvalue weighted by Crippen LogP contribution is 2.54. The number of hydrogen-bond acceptors (Lipinski definition) is 6. The number of piperidine rings is 1. The predicted octanol–water partition coefficient (Wildman–Crippen LogP) is 4.37. The largest absolute Gasteiger partial charge is 0.457 e. The van der Waals surface area contributed by atoms with E-state index in [0.29, 0.717) is 43.7 Å². The van der Waals surface area contributed by atoms with Gasteiger partial charge in [-0.25, -0.2) is 0 Å². The number of rotatable bonds is 7. The van der Waals surface area contributed by atoms with Crippen molar-refractivity contribution < 1.29 is 23.9 Å². The van der Waals surface area contributed by atoms with Gasteiger partial charge in [0.15, 0.2) is 0 Å². The zero-order valence-electron chi connectivity index (χ0n) is 21.9. The van der Waals surface area contributed by atoms with Gasteiger partial charge in [-0.15, -0.1) is 6.58 Å². The van der Waals surface area contributed by atoms with Gasteiger partial charge in [0.25, 0.3) is 5.91 Å². The van der Waals surface area contributed by atoms with Crippen molar-refractivity contribution in [3.63, 3.8) is 0 Å². The molecule has 0 radical (unpaired) electrons. The van der Waals surface area contributed by atoms with Crippen LogP contribution in [0.2, 0.25) is 0 Å². The van der Waals surface area contributed by atoms with Crippen LogP contribution in [0.25, 0.3) is 0 Å². The Morgan fingerprint density at radius 2 is 1.84 bits per heavy atom. The fourth-order valence-electron chi connectivity index (χ4n) is 6.30. The summed E-state index contributed by atoms with van der Waals surface area (Å²) in [6.07, 6.45) is 4.53. The third kappa shape index (κ3) is 5.32. The van der Waals surface area contributed by atoms with E-state index in [1.165, 1.54) is 13.8 Å². The standard InChI is InChI=1S/C30H36N2O5/c1-5-17-32-18-16-29(25-12-9-13-27(19-25)36-22(2)33)20-26(14-15-30(29,21-32)37-23(3)34)31(4)28(35)24-10-7-6-8-11-24/h5-13,19,26H,1,14-18,20-21H2,2-4H3/t26-,29?,30?/m1/s1. The van der Waals surface area contributed by atoms with E-state index in [0.717, 1.165) is 18.5 Å². The van der Waals surface area contributed by atoms with E-state index in [1.54, 1.807) is 6.07 Å². The first-order valence-corrected chi connectivity index (χ1v) is 12.8. The van der Waals surface area contributed by atoms with Crippen LogP contribution in [0, 0.1) is 0 Å². The third-order valence-electron chi connectivity index (χ3n) is 7.93. The van der Waals surface area contributed by atoms with Gasteiger partial charge in [0.05, 0.1) is 0 Å². The number of esters is 2. The number of likely N-dealkylation sites (tertiary alicyclic amines) is 1. The highest BCUT2D eigenvalue weighted by Gasteiger charge is 2.61. The Morgan fingerprint density at radius 1 is 1.08 bits per heavy atom. The number of ether oxygens (including phenoxy) is 2. The van der Waals surface area contributed by atoms with Crippen LogP contribution in [0.4, 0.5) is 0 Å². The molecule has 1 amide bonds. The summed E-state index contributed by atoms with van der Waals surface area (Å²) in [5.74, 6) is -0.288. The van der Waals surface area contributed by atoms with Gasteiger partial charge in [-0.05, 0) is 62.1 Å². The Hall–Kier alpha value is -3.45. The lowest BCUT2D eigenvalue weighted by Crippen LogP contribution is -2.68. The summed E-state index contributed by atoms with van der Waals surface area (Å²) in [6.45, 7) is 8.79. The first kappa shape index (κ1) is 26.6. The Kier molecular flexibility index (Phi) is 7.83. The molecule has 2 aliphatic rings. The number of nitrogens with zero attached hydrogens (tertiary/aromatic N) is 2. The summed E-state index contributed by atoms with van der Waals surface area (Å²) in [5.41, 5.74) is 0.243. The van der Waals surface area contributed by atoms with Gasteiger partial charge in [-0.2, -0.15) is 0 Å². The predicted molar refractivity (Wildman–Crippen MR) is 141 cm³/mol. The van der Waals surface area contributed by atoms with Crippen LogP contribution in [0.15, 0.2) is 67.3 Å². The molecule has 1 heterocycles. The van der Waals surface area contributed by atoms with E-state index in [-0.39, 0.29) is 17.9 Å². The van der Waals surface area contributed by atoms with Crippen LogP contribution in [-0.4, -0.2) is 66.0 Å². The summed E-state index contributed by atoms with van der Waals surface area (Å²) in [6, 6.07) is 16.8. The minimum Gasteiger partial charge on any atom is -0.457 e. The molecule has 2 fully saturated rings. The minimum absolute atomic E-state index is 0.0292. The molecule has 3 atom stereocenters. The summed E-state index contributed by atoms with van der Waals surface area (Å²) in [4.78, 5) is 41.7. The monoisotopic (exact) mass is 504 g/mol. The first-order chi connectivity index (χ1) is 17.7. The molecular formula is C30H36N2O5. The molecule has 4 rings (SSSR count). The number of benzene rings is 2. The van der Waals surface area contributed by atoms with E-state index >= 15 is 0 Å². The molecule has 1 saturated carbocycles. The van der Waals surface area contributed by atoms with Crippen LogP contribution in [0.3, 0.4) is 0 Å². The molecule has 0 spiro atoms. The van der Waals surface area contributed by atoms with Crippen molar-refractivity contribution in [3.8, 4) is 5.75 Å². The maximum absolute atomic E-state index is 13.4. The molecule has 0 aromatic heterocycles. The molecule has 7 nitrogen and oxygen atoms in total. The Labute approximate surface area is 219 Å². The number of carbonyl (C=O) groups is 3. The van der Waals surface area contributed by atoms with Gasteiger partial charge in [-0.1, -0.05) is 36.4 Å². The number of hydrogen-bond donors (Lipinski definition) is 0. The number of fused-ring (bicyclic) bond motifs is 1. The van der Waals surface area contributed by atoms with E-state index in [2.05, 4.69) is 11.5 Å². The second kappa shape index (κ2) is 10.9. The average Bonchev–Trinajstić information content (AvgIpc) is 2.87. The van der Waals surface area contributed by atoms with Crippen molar-refractivity contribution >= 4 is 17.8 Å². The van der Waals surface area contributed by atoms with Crippen LogP contribution < -0.4 is 4.74 Å². The molecule has 0 bridgehead atoms. The van der Waals surface area contributed by atoms with Crippen molar-refractivity contribution in [2.75, 3.05) is 26.7 Å². The molecule has 1 aliphatic carbocycles. The van der Waals surface area contributed by atoms with Crippen molar-refractivity contribution in [2.45, 2.75) is 56.6 Å². The minimum atomic E-state index is -0.790. The lowest BCUT2D eigenvalue weighted by atomic mass is 9.55. The molecule has 7 heteroatoms. The lowest BCUT2D eigenvalue weighted by molar-refractivity contribution is -0.188. The summed E-state index contributed by atoms with van der Waals surface area (Å²) in [7, 11) is 1.86. The Bertz CT molecular complexity index is 1170. The second-order valence-electron chi connectivity index (χ2n) is 10.2. The first-order valence-electron chi connectivity index (χ1n) is 12.8. The quantitative estimate of drug-likeness (QED) is 0.317. The fourth-order valence-corrected chi connectivity index (χ4v) is 6.30. The van der Waals surface area contributed by atoms with Crippen LogP contribution in [0.1, 0.15) is 55.5 Å². The van der Waals surface area contributed by atoms with Crippen LogP contribution in [-0.2, 0) is 19.7 Å². The van der Waals surface area contributed by atoms with Gasteiger partial charge in [-0.3, -0.25) is 19.3 Å². The van der Waals surface area contributed by atoms with Gasteiger partial charge >= 0.3 is 11.9 Å². The van der Waals surface area contributed by atoms with E-state index in [4.69, 9.17) is 9.47 Å². The molecule has 0 N–H and O–H groups in total. The average molecular weight is 505 g/mol. The highest BCUT2D eigenvalue weighted by molar-refractivity contribution is 5.94. The summed E-state index contributed by atoms with van der Waals surface area (Å²) >= 11 is 0. The molecular weight excluding hydrogens is 468 g/mol. The third-order valence-corrected chi connectivity index (χ3v) is 7.93. The van der Waals surface area contributed by atoms with Crippen LogP contribution in [0.5, 0.6) is 5.75 Å². The molecule has 2 unspecified atom stereocenters. The van der Waals surface area contributed by atoms with Crippen molar-refractivity contribution in [2.24, 2.45) is 0 Å². The highest BCUT2D eigenvalue weighted by atomic mass is 16.6. The molecule has 2 aromatic carbocycles. The fraction of sp³-hybridized carbons (Fsp3) is 0.433. The maximum Gasteiger partial charge on any atom is 0.308 e. The SMILES string of the molecule is C=CCN1CCC2(c3cccc(OC(C)=O)c3)C[C@H](N(C)C(=O)c3ccccc3)CCC2(OC(C)=O)C1. The molecule has 1 aliphatic heterocycles. The Morgan fingerprint density at radius 3 is 2.51 bits per heavy atom. The lowest BCUT2D eigenvalue weighted by Gasteiger charge is -2.60. The maximum atomic E-state index is 13.4. The van der Waals surface area contributed by atoms with Gasteiger partial charge in [0.1, 0.15) is 11.4 Å². The summed E-state index contributed by atoms with van der Waals surface area (Å²) in [5, 5.41) is 0. The summed E-state index contributed by atoms with van der Waals surface area (Å²) < 4.78 is 11.7. The number of carbonyl (C=O) groups excluding carboxylic acids is 3. The van der Waals surface area contributed by atoms with E-state index in [9.17, 15) is 14.4 Å². The van der Waals surface area contributed by atoms with Crippen molar-refractivity contribution in [1.82, 2.24) is 9.80 Å². The molecule has 1 saturated heterocycles. The zero-order valence-corrected chi connectivity index (χ0v) is 21.9. The Balaban J connectivity index is 1.78. The van der Waals surface area contributed by atoms with Gasteiger partial charge in [0, 0.05) is 51.0 Å². The second-order valence-corrected chi connectivity index (χ2v) is 10.2. The van der Waals surface area contributed by atoms with E-state index < -0.39 is 17.0 Å². The van der Waals surface area contributed by atoms with E-state index in [1.807, 2.05) is 66.6 Å². The van der Waals surface area contributed by atoms with Crippen molar-refractivity contribution in [3.05, 3.63) is 78.4 Å². The smallest absolute Gasteiger partial charge is 0.308 e. The molecule has 37 heavy (non-hydrogen) atoms.